The molecular formula is C18H16N2O4S. The molecular weight excluding hydrogens is 340 g/mol. The van der Waals surface area contributed by atoms with Gasteiger partial charge in [0.05, 0.1) is 32.9 Å². The zero-order valence-electron chi connectivity index (χ0n) is 13.8. The monoisotopic (exact) mass is 356 g/mol. The summed E-state index contributed by atoms with van der Waals surface area (Å²) in [5, 5.41) is 0. The van der Waals surface area contributed by atoms with Gasteiger partial charge in [-0.05, 0) is 37.3 Å². The summed E-state index contributed by atoms with van der Waals surface area (Å²) < 4.78 is 28.4. The summed E-state index contributed by atoms with van der Waals surface area (Å²) >= 11 is 0. The van der Waals surface area contributed by atoms with E-state index in [4.69, 9.17) is 4.74 Å². The second-order valence-corrected chi connectivity index (χ2v) is 7.64. The van der Waals surface area contributed by atoms with Crippen molar-refractivity contribution in [2.45, 2.75) is 18.4 Å². The quantitative estimate of drug-likeness (QED) is 0.668. The van der Waals surface area contributed by atoms with Gasteiger partial charge in [0.1, 0.15) is 6.61 Å². The summed E-state index contributed by atoms with van der Waals surface area (Å²) in [5.41, 5.74) is 2.91. The molecule has 0 atom stereocenters. The number of ether oxygens (including phenoxy) is 1. The smallest absolute Gasteiger partial charge is 0.338 e. The molecule has 3 aromatic rings. The van der Waals surface area contributed by atoms with Crippen molar-refractivity contribution >= 4 is 26.8 Å². The Bertz CT molecular complexity index is 1060. The maximum Gasteiger partial charge on any atom is 0.338 e. The molecule has 1 heterocycles. The largest absolute Gasteiger partial charge is 0.456 e. The van der Waals surface area contributed by atoms with Gasteiger partial charge in [0.2, 0.25) is 0 Å². The van der Waals surface area contributed by atoms with Crippen molar-refractivity contribution in [1.29, 1.82) is 0 Å². The first-order valence-electron chi connectivity index (χ1n) is 7.54. The predicted octanol–water partition coefficient (Wildman–Crippen LogP) is 2.70. The highest BCUT2D eigenvalue weighted by molar-refractivity contribution is 7.90. The van der Waals surface area contributed by atoms with E-state index >= 15 is 0 Å². The maximum atomic E-state index is 12.2. The Hall–Kier alpha value is -2.80. The van der Waals surface area contributed by atoms with Crippen LogP contribution in [0, 0.1) is 6.92 Å². The summed E-state index contributed by atoms with van der Waals surface area (Å²) in [7, 11) is -3.39. The van der Waals surface area contributed by atoms with Crippen LogP contribution in [0.15, 0.2) is 53.4 Å². The van der Waals surface area contributed by atoms with Gasteiger partial charge >= 0.3 is 5.97 Å². The molecule has 0 aliphatic rings. The molecule has 0 unspecified atom stereocenters. The van der Waals surface area contributed by atoms with Gasteiger partial charge < -0.3 is 4.74 Å². The molecule has 0 spiro atoms. The van der Waals surface area contributed by atoms with Crippen LogP contribution in [0.2, 0.25) is 0 Å². The zero-order valence-corrected chi connectivity index (χ0v) is 14.6. The zero-order chi connectivity index (χ0) is 18.0. The van der Waals surface area contributed by atoms with E-state index in [9.17, 15) is 13.2 Å². The van der Waals surface area contributed by atoms with Gasteiger partial charge in [-0.1, -0.05) is 18.2 Å². The molecule has 0 radical (unpaired) electrons. The van der Waals surface area contributed by atoms with Crippen molar-refractivity contribution in [3.05, 3.63) is 65.5 Å². The topological polar surface area (TPSA) is 86.2 Å². The third-order valence-corrected chi connectivity index (χ3v) is 4.79. The van der Waals surface area contributed by atoms with Crippen molar-refractivity contribution in [3.63, 3.8) is 0 Å². The van der Waals surface area contributed by atoms with E-state index in [0.717, 1.165) is 17.3 Å². The van der Waals surface area contributed by atoms with Gasteiger partial charge in [0.15, 0.2) is 9.84 Å². The molecule has 0 amide bonds. The van der Waals surface area contributed by atoms with E-state index in [-0.39, 0.29) is 17.1 Å². The van der Waals surface area contributed by atoms with Gasteiger partial charge in [0, 0.05) is 6.26 Å². The molecule has 7 heteroatoms. The standard InChI is InChI=1S/C18H16N2O4S/c1-12-17(20-16-9-4-3-8-15(16)19-12)11-24-18(21)13-6-5-7-14(10-13)25(2,22)23/h3-10H,11H2,1-2H3. The number of fused-ring (bicyclic) bond motifs is 1. The number of para-hydroxylation sites is 2. The Labute approximate surface area is 145 Å². The number of rotatable bonds is 4. The number of benzene rings is 2. The molecule has 0 N–H and O–H groups in total. The minimum Gasteiger partial charge on any atom is -0.456 e. The number of nitrogens with zero attached hydrogens (tertiary/aromatic N) is 2. The van der Waals surface area contributed by atoms with Crippen molar-refractivity contribution in [3.8, 4) is 0 Å². The number of hydrogen-bond donors (Lipinski definition) is 0. The summed E-state index contributed by atoms with van der Waals surface area (Å²) in [6, 6.07) is 13.2. The van der Waals surface area contributed by atoms with Crippen LogP contribution >= 0.6 is 0 Å². The molecule has 6 nitrogen and oxygen atoms in total. The predicted molar refractivity (Wildman–Crippen MR) is 92.9 cm³/mol. The van der Waals surface area contributed by atoms with Crippen LogP contribution in [0.4, 0.5) is 0 Å². The van der Waals surface area contributed by atoms with E-state index in [1.165, 1.54) is 24.3 Å². The number of sulfone groups is 1. The lowest BCUT2D eigenvalue weighted by molar-refractivity contribution is 0.0466. The second-order valence-electron chi connectivity index (χ2n) is 5.62. The molecule has 0 aliphatic carbocycles. The van der Waals surface area contributed by atoms with Gasteiger partial charge in [-0.2, -0.15) is 0 Å². The fourth-order valence-electron chi connectivity index (χ4n) is 2.33. The molecule has 2 aromatic carbocycles. The van der Waals surface area contributed by atoms with E-state index in [1.807, 2.05) is 24.3 Å². The second kappa shape index (κ2) is 6.60. The van der Waals surface area contributed by atoms with Gasteiger partial charge in [-0.3, -0.25) is 0 Å². The van der Waals surface area contributed by atoms with Crippen LogP contribution in [0.25, 0.3) is 11.0 Å². The van der Waals surface area contributed by atoms with E-state index in [2.05, 4.69) is 9.97 Å². The average molecular weight is 356 g/mol. The van der Waals surface area contributed by atoms with E-state index in [1.54, 1.807) is 6.92 Å². The average Bonchev–Trinajstić information content (AvgIpc) is 2.59. The Morgan fingerprint density at radius 3 is 2.40 bits per heavy atom. The summed E-state index contributed by atoms with van der Waals surface area (Å²) in [6.45, 7) is 1.76. The third-order valence-electron chi connectivity index (χ3n) is 3.68. The lowest BCUT2D eigenvalue weighted by atomic mass is 10.2. The van der Waals surface area contributed by atoms with Gasteiger partial charge in [0.25, 0.3) is 0 Å². The van der Waals surface area contributed by atoms with Crippen LogP contribution in [0.5, 0.6) is 0 Å². The summed E-state index contributed by atoms with van der Waals surface area (Å²) in [5.74, 6) is -0.611. The molecule has 3 rings (SSSR count). The fraction of sp³-hybridized carbons (Fsp3) is 0.167. The molecule has 0 fully saturated rings. The molecule has 0 bridgehead atoms. The van der Waals surface area contributed by atoms with E-state index < -0.39 is 15.8 Å². The molecule has 0 saturated heterocycles. The normalized spacial score (nSPS) is 11.4. The number of aryl methyl sites for hydroxylation is 1. The van der Waals surface area contributed by atoms with Crippen molar-refractivity contribution < 1.29 is 17.9 Å². The lowest BCUT2D eigenvalue weighted by Gasteiger charge is -2.08. The van der Waals surface area contributed by atoms with Crippen molar-refractivity contribution in [1.82, 2.24) is 9.97 Å². The van der Waals surface area contributed by atoms with Crippen LogP contribution in [0.3, 0.4) is 0 Å². The highest BCUT2D eigenvalue weighted by Crippen LogP contribution is 2.15. The van der Waals surface area contributed by atoms with Crippen LogP contribution in [-0.2, 0) is 21.2 Å². The SMILES string of the molecule is Cc1nc2ccccc2nc1COC(=O)c1cccc(S(C)(=O)=O)c1. The lowest BCUT2D eigenvalue weighted by Crippen LogP contribution is -2.09. The molecule has 128 valence electrons. The van der Waals surface area contributed by atoms with E-state index in [0.29, 0.717) is 11.4 Å². The highest BCUT2D eigenvalue weighted by Gasteiger charge is 2.14. The maximum absolute atomic E-state index is 12.2. The number of hydrogen-bond acceptors (Lipinski definition) is 6. The fourth-order valence-corrected chi connectivity index (χ4v) is 3.00. The Kier molecular flexibility index (Phi) is 4.50. The highest BCUT2D eigenvalue weighted by atomic mass is 32.2. The number of aromatic nitrogens is 2. The van der Waals surface area contributed by atoms with Gasteiger partial charge in [-0.15, -0.1) is 0 Å². The Morgan fingerprint density at radius 1 is 1.04 bits per heavy atom. The molecule has 0 saturated carbocycles. The minimum absolute atomic E-state index is 0.0361. The van der Waals surface area contributed by atoms with Crippen molar-refractivity contribution in [2.75, 3.05) is 6.26 Å². The van der Waals surface area contributed by atoms with Crippen LogP contribution in [0.1, 0.15) is 21.7 Å². The number of carbonyl (C=O) groups excluding carboxylic acids is 1. The third kappa shape index (κ3) is 3.83. The first-order valence-corrected chi connectivity index (χ1v) is 9.43. The first kappa shape index (κ1) is 17.0. The first-order chi connectivity index (χ1) is 11.8. The van der Waals surface area contributed by atoms with Gasteiger partial charge in [-0.25, -0.2) is 23.2 Å². The summed E-state index contributed by atoms with van der Waals surface area (Å²) in [6.07, 6.45) is 1.09. The minimum atomic E-state index is -3.39. The Morgan fingerprint density at radius 2 is 1.72 bits per heavy atom. The molecule has 25 heavy (non-hydrogen) atoms. The Balaban J connectivity index is 1.80. The summed E-state index contributed by atoms with van der Waals surface area (Å²) in [4.78, 5) is 21.2. The number of carbonyl (C=O) groups is 1. The molecule has 1 aromatic heterocycles. The van der Waals surface area contributed by atoms with Crippen LogP contribution < -0.4 is 0 Å². The number of esters is 1. The van der Waals surface area contributed by atoms with Crippen LogP contribution in [-0.4, -0.2) is 30.6 Å². The molecule has 0 aliphatic heterocycles. The van der Waals surface area contributed by atoms with Crippen molar-refractivity contribution in [2.24, 2.45) is 0 Å².